The number of esters is 2. The largest absolute Gasteiger partial charge is 0.393 e. The van der Waals surface area contributed by atoms with Crippen molar-refractivity contribution >= 4 is 11.9 Å². The summed E-state index contributed by atoms with van der Waals surface area (Å²) in [6.07, 6.45) is 20.2. The van der Waals surface area contributed by atoms with Gasteiger partial charge in [-0.3, -0.25) is 9.59 Å². The summed E-state index contributed by atoms with van der Waals surface area (Å²) in [6, 6.07) is 0. The molecule has 2 spiro atoms. The maximum atomic E-state index is 13.5. The van der Waals surface area contributed by atoms with Gasteiger partial charge >= 0.3 is 11.9 Å². The second-order valence-corrected chi connectivity index (χ2v) is 14.0. The van der Waals surface area contributed by atoms with Gasteiger partial charge in [-0.1, -0.05) is 90.3 Å². The summed E-state index contributed by atoms with van der Waals surface area (Å²) in [6.45, 7) is 14.2. The first-order chi connectivity index (χ1) is 16.5. The number of allylic oxidation sites excluding steroid dienone is 6. The Morgan fingerprint density at radius 1 is 0.943 bits per heavy atom. The molecule has 1 heterocycles. The van der Waals surface area contributed by atoms with Gasteiger partial charge in [-0.15, -0.1) is 0 Å². The van der Waals surface area contributed by atoms with Gasteiger partial charge in [0.2, 0.25) is 0 Å². The van der Waals surface area contributed by atoms with Crippen LogP contribution in [0.25, 0.3) is 0 Å². The molecular weight excluding hydrogens is 432 g/mol. The van der Waals surface area contributed by atoms with Crippen molar-refractivity contribution in [3.8, 4) is 0 Å². The molecule has 2 unspecified atom stereocenters. The quantitative estimate of drug-likeness (QED) is 0.243. The van der Waals surface area contributed by atoms with Crippen LogP contribution in [0, 0.1) is 63.1 Å². The molecule has 1 aliphatic heterocycles. The van der Waals surface area contributed by atoms with Crippen LogP contribution in [0.2, 0.25) is 0 Å². The highest BCUT2D eigenvalue weighted by Gasteiger charge is 2.79. The summed E-state index contributed by atoms with van der Waals surface area (Å²) in [5.74, 6) is 1.61. The molecule has 0 aromatic rings. The third-order valence-electron chi connectivity index (χ3n) is 12.5. The zero-order valence-electron chi connectivity index (χ0n) is 22.6. The number of carbonyl (C=O) groups is 2. The molecule has 7 rings (SSSR count). The molecular formula is C32H44O3. The van der Waals surface area contributed by atoms with E-state index in [-0.39, 0.29) is 45.4 Å². The summed E-state index contributed by atoms with van der Waals surface area (Å²) in [4.78, 5) is 26.8. The van der Waals surface area contributed by atoms with Crippen LogP contribution in [0.5, 0.6) is 0 Å². The van der Waals surface area contributed by atoms with E-state index >= 15 is 0 Å². The molecule has 3 nitrogen and oxygen atoms in total. The number of carbonyl (C=O) groups excluding carboxylic acids is 2. The highest BCUT2D eigenvalue weighted by atomic mass is 16.6. The van der Waals surface area contributed by atoms with Gasteiger partial charge in [0.25, 0.3) is 0 Å². The minimum atomic E-state index is -0.349. The molecule has 3 saturated carbocycles. The summed E-state index contributed by atoms with van der Waals surface area (Å²) in [5.41, 5.74) is 0.986. The second-order valence-electron chi connectivity index (χ2n) is 14.0. The van der Waals surface area contributed by atoms with Gasteiger partial charge in [-0.2, -0.15) is 0 Å². The molecule has 0 radical (unpaired) electrons. The molecule has 1 saturated heterocycles. The fraction of sp³-hybridized carbons (Fsp3) is 0.750. The van der Waals surface area contributed by atoms with Gasteiger partial charge in [0.15, 0.2) is 0 Å². The molecule has 7 aliphatic rings. The van der Waals surface area contributed by atoms with E-state index in [2.05, 4.69) is 71.9 Å². The average molecular weight is 477 g/mol. The third kappa shape index (κ3) is 2.69. The molecule has 6 aliphatic carbocycles. The van der Waals surface area contributed by atoms with Gasteiger partial charge in [0.1, 0.15) is 0 Å². The fourth-order valence-electron chi connectivity index (χ4n) is 10.4. The molecule has 4 fully saturated rings. The summed E-state index contributed by atoms with van der Waals surface area (Å²) >= 11 is 0. The molecule has 0 aromatic carbocycles. The van der Waals surface area contributed by atoms with E-state index < -0.39 is 0 Å². The van der Waals surface area contributed by atoms with E-state index in [1.807, 2.05) is 0 Å². The van der Waals surface area contributed by atoms with Gasteiger partial charge < -0.3 is 4.74 Å². The number of fused-ring (bicyclic) bond motifs is 1. The van der Waals surface area contributed by atoms with E-state index in [0.717, 1.165) is 32.1 Å². The van der Waals surface area contributed by atoms with Gasteiger partial charge in [0, 0.05) is 10.8 Å². The van der Waals surface area contributed by atoms with Crippen LogP contribution in [0.4, 0.5) is 0 Å². The summed E-state index contributed by atoms with van der Waals surface area (Å²) in [7, 11) is 0. The minimum absolute atomic E-state index is 0.0392. The Labute approximate surface area is 211 Å². The average Bonchev–Trinajstić information content (AvgIpc) is 3.34. The highest BCUT2D eigenvalue weighted by Crippen LogP contribution is 2.80. The SMILES string of the molecule is CC(C)[C@@H](C)/C=C/[C@@H](C)[C@H]1CC[C@@H]2[C@]1(C)CC=C1[C@]23C=C[C@]2(CCCC[C@]12C)C1C(=O)OC(=O)C13. The molecule has 0 aromatic heterocycles. The molecule has 0 N–H and O–H groups in total. The van der Waals surface area contributed by atoms with Crippen LogP contribution in [-0.4, -0.2) is 11.9 Å². The highest BCUT2D eigenvalue weighted by molar-refractivity contribution is 5.99. The van der Waals surface area contributed by atoms with Crippen LogP contribution in [0.15, 0.2) is 36.0 Å². The predicted octanol–water partition coefficient (Wildman–Crippen LogP) is 7.29. The lowest BCUT2D eigenvalue weighted by atomic mass is 9.31. The van der Waals surface area contributed by atoms with Crippen molar-refractivity contribution < 1.29 is 14.3 Å². The van der Waals surface area contributed by atoms with Crippen LogP contribution >= 0.6 is 0 Å². The second kappa shape index (κ2) is 7.45. The molecule has 10 atom stereocenters. The van der Waals surface area contributed by atoms with E-state index in [4.69, 9.17) is 4.74 Å². The number of cyclic esters (lactones) is 2. The Morgan fingerprint density at radius 2 is 1.66 bits per heavy atom. The Bertz CT molecular complexity index is 1050. The number of rotatable bonds is 4. The predicted molar refractivity (Wildman–Crippen MR) is 138 cm³/mol. The van der Waals surface area contributed by atoms with Crippen LogP contribution in [-0.2, 0) is 14.3 Å². The molecule has 35 heavy (non-hydrogen) atoms. The monoisotopic (exact) mass is 476 g/mol. The van der Waals surface area contributed by atoms with Crippen molar-refractivity contribution in [1.82, 2.24) is 0 Å². The molecule has 190 valence electrons. The van der Waals surface area contributed by atoms with E-state index in [9.17, 15) is 9.59 Å². The lowest BCUT2D eigenvalue weighted by Crippen LogP contribution is -2.67. The molecule has 2 bridgehead atoms. The molecule has 0 amide bonds. The minimum Gasteiger partial charge on any atom is -0.393 e. The van der Waals surface area contributed by atoms with Crippen molar-refractivity contribution in [2.45, 2.75) is 86.5 Å². The fourth-order valence-corrected chi connectivity index (χ4v) is 10.4. The van der Waals surface area contributed by atoms with Crippen LogP contribution in [0.1, 0.15) is 86.5 Å². The Hall–Kier alpha value is -1.64. The van der Waals surface area contributed by atoms with Crippen molar-refractivity contribution in [1.29, 1.82) is 0 Å². The zero-order valence-corrected chi connectivity index (χ0v) is 22.6. The van der Waals surface area contributed by atoms with Crippen LogP contribution < -0.4 is 0 Å². The maximum absolute atomic E-state index is 13.5. The smallest absolute Gasteiger partial charge is 0.318 e. The maximum Gasteiger partial charge on any atom is 0.318 e. The summed E-state index contributed by atoms with van der Waals surface area (Å²) < 4.78 is 5.51. The van der Waals surface area contributed by atoms with Crippen molar-refractivity contribution in [3.05, 3.63) is 36.0 Å². The number of hydrogen-bond acceptors (Lipinski definition) is 3. The van der Waals surface area contributed by atoms with Crippen molar-refractivity contribution in [2.75, 3.05) is 0 Å². The Kier molecular flexibility index (Phi) is 5.05. The first kappa shape index (κ1) is 23.7. The number of hydrogen-bond donors (Lipinski definition) is 0. The standard InChI is InChI=1S/C32H44O3/c1-19(2)20(3)9-10-21(4)22-11-12-23-29(22,5)16-13-24-30(6)14-7-8-15-31(30)17-18-32(23,24)26-25(31)27(33)35-28(26)34/h9-10,13,17-23,25-26H,7-8,11-12,14-16H2,1-6H3/b10-9+/t20-,21+,22+,23+,25?,26?,29+,30+,31+,32-/m0/s1. The van der Waals surface area contributed by atoms with Crippen LogP contribution in [0.3, 0.4) is 0 Å². The normalized spacial score (nSPS) is 49.4. The molecule has 3 heteroatoms. The van der Waals surface area contributed by atoms with Crippen molar-refractivity contribution in [3.63, 3.8) is 0 Å². The third-order valence-corrected chi connectivity index (χ3v) is 12.5. The Morgan fingerprint density at radius 3 is 2.40 bits per heavy atom. The topological polar surface area (TPSA) is 43.4 Å². The number of ether oxygens (including phenoxy) is 1. The van der Waals surface area contributed by atoms with Gasteiger partial charge in [-0.25, -0.2) is 0 Å². The van der Waals surface area contributed by atoms with Gasteiger partial charge in [0.05, 0.1) is 11.8 Å². The van der Waals surface area contributed by atoms with Gasteiger partial charge in [-0.05, 0) is 72.5 Å². The lowest BCUT2D eigenvalue weighted by Gasteiger charge is -2.70. The van der Waals surface area contributed by atoms with E-state index in [1.165, 1.54) is 18.4 Å². The van der Waals surface area contributed by atoms with Crippen molar-refractivity contribution in [2.24, 2.45) is 63.1 Å². The zero-order chi connectivity index (χ0) is 25.0. The van der Waals surface area contributed by atoms with E-state index in [1.54, 1.807) is 0 Å². The first-order valence-corrected chi connectivity index (χ1v) is 14.4. The first-order valence-electron chi connectivity index (χ1n) is 14.4. The summed E-state index contributed by atoms with van der Waals surface area (Å²) in [5, 5.41) is 0. The lowest BCUT2D eigenvalue weighted by molar-refractivity contribution is -0.157. The Balaban J connectivity index is 1.46. The van der Waals surface area contributed by atoms with E-state index in [0.29, 0.717) is 29.6 Å².